The highest BCUT2D eigenvalue weighted by Crippen LogP contribution is 2.30. The lowest BCUT2D eigenvalue weighted by Gasteiger charge is -2.41. The van der Waals surface area contributed by atoms with E-state index in [1.807, 2.05) is 72.7 Å². The molecule has 1 aliphatic rings. The summed E-state index contributed by atoms with van der Waals surface area (Å²) in [6, 6.07) is 4.23. The quantitative estimate of drug-likeness (QED) is 0.148. The zero-order chi connectivity index (χ0) is 40.2. The van der Waals surface area contributed by atoms with Gasteiger partial charge in [0, 0.05) is 34.2 Å². The van der Waals surface area contributed by atoms with Gasteiger partial charge in [0.15, 0.2) is 0 Å². The zero-order valence-corrected chi connectivity index (χ0v) is 34.1. The summed E-state index contributed by atoms with van der Waals surface area (Å²) >= 11 is 0. The third-order valence-corrected chi connectivity index (χ3v) is 10.9. The topological polar surface area (TPSA) is 167 Å². The summed E-state index contributed by atoms with van der Waals surface area (Å²) in [4.78, 5) is 70.5. The van der Waals surface area contributed by atoms with Gasteiger partial charge in [-0.15, -0.1) is 0 Å². The molecule has 1 saturated heterocycles. The second-order valence-corrected chi connectivity index (χ2v) is 15.4. The number of aliphatic carboxylic acids is 1. The Hall–Kier alpha value is -3.55. The summed E-state index contributed by atoms with van der Waals surface area (Å²) in [5.41, 5.74) is 1.84. The van der Waals surface area contributed by atoms with Crippen LogP contribution in [-0.2, 0) is 39.9 Å². The molecule has 1 aliphatic heterocycles. The SMILES string of the molecule is CC[C@H](C)C(C(CC(=O)N1CCC[C@H]1[C@H](OC)[C@@H](C)C(=O)N[C@@H](Cc1ccc(C)cc1)C(=O)O)OC)N(C)C(=O)[C@@H](NC(=O)[C@@H](NC)C(C)C)C(C)C. The van der Waals surface area contributed by atoms with Gasteiger partial charge in [-0.1, -0.05) is 84.7 Å². The van der Waals surface area contributed by atoms with E-state index < -0.39 is 60.2 Å². The van der Waals surface area contributed by atoms with Crippen LogP contribution in [-0.4, -0.2) is 122 Å². The van der Waals surface area contributed by atoms with Gasteiger partial charge in [-0.3, -0.25) is 19.2 Å². The maximum atomic E-state index is 14.1. The lowest BCUT2D eigenvalue weighted by molar-refractivity contribution is -0.148. The highest BCUT2D eigenvalue weighted by atomic mass is 16.5. The molecule has 300 valence electrons. The number of nitrogens with one attached hydrogen (secondary N) is 3. The number of carbonyl (C=O) groups excluding carboxylic acids is 4. The Morgan fingerprint density at radius 1 is 0.925 bits per heavy atom. The molecule has 0 bridgehead atoms. The first-order valence-corrected chi connectivity index (χ1v) is 19.1. The van der Waals surface area contributed by atoms with Gasteiger partial charge in [-0.25, -0.2) is 4.79 Å². The van der Waals surface area contributed by atoms with Crippen LogP contribution < -0.4 is 16.0 Å². The summed E-state index contributed by atoms with van der Waals surface area (Å²) in [5, 5.41) is 18.6. The molecule has 0 aliphatic carbocycles. The van der Waals surface area contributed by atoms with Gasteiger partial charge in [0.1, 0.15) is 12.1 Å². The fourth-order valence-corrected chi connectivity index (χ4v) is 7.51. The molecule has 4 N–H and O–H groups in total. The van der Waals surface area contributed by atoms with E-state index in [1.165, 1.54) is 14.2 Å². The van der Waals surface area contributed by atoms with Crippen LogP contribution in [0.4, 0.5) is 0 Å². The van der Waals surface area contributed by atoms with E-state index >= 15 is 0 Å². The van der Waals surface area contributed by atoms with Crippen LogP contribution >= 0.6 is 0 Å². The normalized spacial score (nSPS) is 19.1. The highest BCUT2D eigenvalue weighted by molar-refractivity contribution is 5.90. The average Bonchev–Trinajstić information content (AvgIpc) is 3.60. The Balaban J connectivity index is 2.26. The fraction of sp³-hybridized carbons (Fsp3) is 0.725. The van der Waals surface area contributed by atoms with Crippen molar-refractivity contribution in [2.45, 2.75) is 130 Å². The number of carboxylic acids is 1. The number of nitrogens with zero attached hydrogens (tertiary/aromatic N) is 2. The number of aryl methyl sites for hydroxylation is 1. The lowest BCUT2D eigenvalue weighted by atomic mass is 9.89. The highest BCUT2D eigenvalue weighted by Gasteiger charge is 2.43. The van der Waals surface area contributed by atoms with Gasteiger partial charge >= 0.3 is 5.97 Å². The van der Waals surface area contributed by atoms with Crippen molar-refractivity contribution in [2.24, 2.45) is 23.7 Å². The molecule has 2 rings (SSSR count). The van der Waals surface area contributed by atoms with Gasteiger partial charge in [-0.2, -0.15) is 0 Å². The first-order chi connectivity index (χ1) is 24.9. The van der Waals surface area contributed by atoms with Gasteiger partial charge in [0.25, 0.3) is 0 Å². The van der Waals surface area contributed by atoms with E-state index in [-0.39, 0.29) is 48.3 Å². The molecule has 13 heteroatoms. The van der Waals surface area contributed by atoms with E-state index in [2.05, 4.69) is 16.0 Å². The van der Waals surface area contributed by atoms with Crippen LogP contribution in [0.2, 0.25) is 0 Å². The van der Waals surface area contributed by atoms with E-state index in [0.29, 0.717) is 19.4 Å². The number of carbonyl (C=O) groups is 5. The number of ether oxygens (including phenoxy) is 2. The second kappa shape index (κ2) is 21.4. The van der Waals surface area contributed by atoms with Gasteiger partial charge in [0.2, 0.25) is 23.6 Å². The number of carboxylic acid groups (broad SMARTS) is 1. The minimum Gasteiger partial charge on any atom is -0.480 e. The van der Waals surface area contributed by atoms with Crippen molar-refractivity contribution in [1.82, 2.24) is 25.8 Å². The minimum atomic E-state index is -1.14. The Bertz CT molecular complexity index is 1350. The molecule has 9 atom stereocenters. The number of benzene rings is 1. The molecule has 53 heavy (non-hydrogen) atoms. The molecule has 13 nitrogen and oxygen atoms in total. The Morgan fingerprint density at radius 3 is 2.02 bits per heavy atom. The van der Waals surface area contributed by atoms with Crippen molar-refractivity contribution >= 4 is 29.6 Å². The van der Waals surface area contributed by atoms with E-state index in [4.69, 9.17) is 9.47 Å². The van der Waals surface area contributed by atoms with Crippen LogP contribution in [0.5, 0.6) is 0 Å². The monoisotopic (exact) mass is 745 g/mol. The number of likely N-dealkylation sites (tertiary alicyclic amines) is 1. The van der Waals surface area contributed by atoms with Crippen molar-refractivity contribution in [3.8, 4) is 0 Å². The van der Waals surface area contributed by atoms with Crippen LogP contribution in [0.25, 0.3) is 0 Å². The molecule has 2 unspecified atom stereocenters. The molecule has 0 aromatic heterocycles. The maximum absolute atomic E-state index is 14.1. The van der Waals surface area contributed by atoms with Gasteiger partial charge in [-0.05, 0) is 50.1 Å². The summed E-state index contributed by atoms with van der Waals surface area (Å²) in [5.74, 6) is -3.27. The molecular formula is C40H67N5O8. The molecule has 0 saturated carbocycles. The van der Waals surface area contributed by atoms with Crippen molar-refractivity contribution in [1.29, 1.82) is 0 Å². The third-order valence-electron chi connectivity index (χ3n) is 10.9. The Kier molecular flexibility index (Phi) is 18.4. The largest absolute Gasteiger partial charge is 0.480 e. The molecule has 1 heterocycles. The molecular weight excluding hydrogens is 678 g/mol. The number of hydrogen-bond donors (Lipinski definition) is 4. The van der Waals surface area contributed by atoms with Gasteiger partial charge < -0.3 is 40.3 Å². The molecule has 4 amide bonds. The number of amides is 4. The van der Waals surface area contributed by atoms with Crippen molar-refractivity contribution in [3.05, 3.63) is 35.4 Å². The standard InChI is InChI=1S/C40H67N5O8/c1-13-26(7)35(44(10)39(49)34(24(4)5)43-38(48)33(41-9)23(2)3)31(52-11)22-32(46)45-20-14-15-30(45)36(53-12)27(8)37(47)42-29(40(50)51)21-28-18-16-25(6)17-19-28/h16-19,23-24,26-27,29-31,33-36,41H,13-15,20-22H2,1-12H3,(H,42,47)(H,43,48)(H,50,51)/t26-,27+,29-,30-,31?,33-,34-,35?,36+/m0/s1. The molecule has 1 aromatic rings. The van der Waals surface area contributed by atoms with E-state index in [9.17, 15) is 29.1 Å². The van der Waals surface area contributed by atoms with Crippen LogP contribution in [0.3, 0.4) is 0 Å². The Labute approximate surface area is 317 Å². The van der Waals surface area contributed by atoms with Crippen LogP contribution in [0.1, 0.15) is 85.3 Å². The first-order valence-electron chi connectivity index (χ1n) is 19.1. The molecule has 0 radical (unpaired) electrons. The number of likely N-dealkylation sites (N-methyl/N-ethyl adjacent to an activating group) is 2. The first kappa shape index (κ1) is 45.6. The predicted octanol–water partition coefficient (Wildman–Crippen LogP) is 3.41. The van der Waals surface area contributed by atoms with E-state index in [0.717, 1.165) is 17.5 Å². The third kappa shape index (κ3) is 12.2. The average molecular weight is 746 g/mol. The second-order valence-electron chi connectivity index (χ2n) is 15.4. The maximum Gasteiger partial charge on any atom is 0.326 e. The van der Waals surface area contributed by atoms with Gasteiger partial charge in [0.05, 0.1) is 42.7 Å². The number of hydrogen-bond acceptors (Lipinski definition) is 8. The summed E-state index contributed by atoms with van der Waals surface area (Å²) in [6.45, 7) is 15.8. The molecule has 1 aromatic carbocycles. The van der Waals surface area contributed by atoms with E-state index in [1.54, 1.807) is 30.8 Å². The summed E-state index contributed by atoms with van der Waals surface area (Å²) < 4.78 is 11.9. The van der Waals surface area contributed by atoms with Crippen molar-refractivity contribution in [2.75, 3.05) is 34.9 Å². The fourth-order valence-electron chi connectivity index (χ4n) is 7.51. The molecule has 1 fully saturated rings. The minimum absolute atomic E-state index is 0.0117. The summed E-state index contributed by atoms with van der Waals surface area (Å²) in [7, 11) is 6.46. The van der Waals surface area contributed by atoms with Crippen molar-refractivity contribution < 1.29 is 38.6 Å². The lowest BCUT2D eigenvalue weighted by Crippen LogP contribution is -2.59. The zero-order valence-electron chi connectivity index (χ0n) is 34.1. The number of rotatable bonds is 21. The smallest absolute Gasteiger partial charge is 0.326 e. The number of methoxy groups -OCH3 is 2. The summed E-state index contributed by atoms with van der Waals surface area (Å²) in [6.07, 6.45) is 0.812. The molecule has 0 spiro atoms. The van der Waals surface area contributed by atoms with Crippen LogP contribution in [0, 0.1) is 30.6 Å². The Morgan fingerprint density at radius 2 is 1.53 bits per heavy atom. The predicted molar refractivity (Wildman–Crippen MR) is 205 cm³/mol. The van der Waals surface area contributed by atoms with Crippen LogP contribution in [0.15, 0.2) is 24.3 Å². The van der Waals surface area contributed by atoms with Crippen molar-refractivity contribution in [3.63, 3.8) is 0 Å².